The van der Waals surface area contributed by atoms with E-state index in [1.165, 1.54) is 16.7 Å². The third kappa shape index (κ3) is 2.31. The van der Waals surface area contributed by atoms with Crippen molar-refractivity contribution in [2.45, 2.75) is 19.6 Å². The highest BCUT2D eigenvalue weighted by Gasteiger charge is 2.09. The molecule has 1 aliphatic rings. The molecule has 2 N–H and O–H groups in total. The SMILES string of the molecule is Fc1cnc(NCc2ccc3c(c2)CNC3)nc1. The van der Waals surface area contributed by atoms with Gasteiger partial charge in [0.05, 0.1) is 12.4 Å². The number of halogens is 1. The largest absolute Gasteiger partial charge is 0.350 e. The molecule has 0 radical (unpaired) electrons. The first kappa shape index (κ1) is 11.1. The van der Waals surface area contributed by atoms with Gasteiger partial charge in [0.25, 0.3) is 0 Å². The molecule has 0 aliphatic carbocycles. The van der Waals surface area contributed by atoms with Crippen molar-refractivity contribution in [1.29, 1.82) is 0 Å². The summed E-state index contributed by atoms with van der Waals surface area (Å²) in [6.07, 6.45) is 2.31. The number of nitrogens with one attached hydrogen (secondary N) is 2. The van der Waals surface area contributed by atoms with Gasteiger partial charge >= 0.3 is 0 Å². The highest BCUT2D eigenvalue weighted by molar-refractivity contribution is 5.36. The van der Waals surface area contributed by atoms with Gasteiger partial charge in [-0.15, -0.1) is 0 Å². The summed E-state index contributed by atoms with van der Waals surface area (Å²) in [5.74, 6) is 0.0131. The summed E-state index contributed by atoms with van der Waals surface area (Å²) >= 11 is 0. The molecule has 2 aromatic rings. The standard InChI is InChI=1S/C13H13FN4/c14-12-7-17-13(18-8-12)16-4-9-1-2-10-5-15-6-11(10)3-9/h1-3,7-8,15H,4-6H2,(H,16,17,18). The molecule has 18 heavy (non-hydrogen) atoms. The maximum atomic E-state index is 12.6. The van der Waals surface area contributed by atoms with E-state index in [2.05, 4.69) is 38.8 Å². The summed E-state index contributed by atoms with van der Waals surface area (Å²) < 4.78 is 12.6. The van der Waals surface area contributed by atoms with Crippen LogP contribution < -0.4 is 10.6 Å². The smallest absolute Gasteiger partial charge is 0.223 e. The second kappa shape index (κ2) is 4.70. The first-order valence-corrected chi connectivity index (χ1v) is 5.84. The van der Waals surface area contributed by atoms with E-state index in [0.717, 1.165) is 25.5 Å². The number of hydrogen-bond donors (Lipinski definition) is 2. The zero-order valence-corrected chi connectivity index (χ0v) is 9.78. The van der Waals surface area contributed by atoms with Crippen LogP contribution in [0.5, 0.6) is 0 Å². The van der Waals surface area contributed by atoms with E-state index < -0.39 is 5.82 Å². The van der Waals surface area contributed by atoms with Gasteiger partial charge < -0.3 is 10.6 Å². The van der Waals surface area contributed by atoms with Crippen molar-refractivity contribution in [3.63, 3.8) is 0 Å². The average Bonchev–Trinajstić information content (AvgIpc) is 2.85. The lowest BCUT2D eigenvalue weighted by Crippen LogP contribution is -2.04. The monoisotopic (exact) mass is 244 g/mol. The third-order valence-electron chi connectivity index (χ3n) is 2.97. The third-order valence-corrected chi connectivity index (χ3v) is 2.97. The van der Waals surface area contributed by atoms with Gasteiger partial charge in [-0.3, -0.25) is 0 Å². The minimum atomic E-state index is -0.427. The molecule has 2 heterocycles. The molecule has 1 aromatic heterocycles. The van der Waals surface area contributed by atoms with Crippen LogP contribution in [0.2, 0.25) is 0 Å². The summed E-state index contributed by atoms with van der Waals surface area (Å²) in [4.78, 5) is 7.71. The molecule has 0 saturated carbocycles. The molecule has 3 rings (SSSR count). The van der Waals surface area contributed by atoms with Gasteiger partial charge in [0, 0.05) is 19.6 Å². The van der Waals surface area contributed by atoms with Crippen molar-refractivity contribution in [1.82, 2.24) is 15.3 Å². The Morgan fingerprint density at radius 1 is 1.17 bits per heavy atom. The quantitative estimate of drug-likeness (QED) is 0.865. The van der Waals surface area contributed by atoms with Gasteiger partial charge in [-0.1, -0.05) is 18.2 Å². The molecule has 0 amide bonds. The zero-order chi connectivity index (χ0) is 12.4. The minimum absolute atomic E-state index is 0.427. The van der Waals surface area contributed by atoms with Crippen LogP contribution in [0.25, 0.3) is 0 Å². The lowest BCUT2D eigenvalue weighted by molar-refractivity contribution is 0.614. The van der Waals surface area contributed by atoms with Crippen molar-refractivity contribution < 1.29 is 4.39 Å². The molecule has 1 aliphatic heterocycles. The van der Waals surface area contributed by atoms with Crippen molar-refractivity contribution in [2.75, 3.05) is 5.32 Å². The van der Waals surface area contributed by atoms with Crippen LogP contribution in [-0.4, -0.2) is 9.97 Å². The summed E-state index contributed by atoms with van der Waals surface area (Å²) in [5.41, 5.74) is 3.87. The van der Waals surface area contributed by atoms with Crippen LogP contribution in [0, 0.1) is 5.82 Å². The van der Waals surface area contributed by atoms with E-state index in [9.17, 15) is 4.39 Å². The number of fused-ring (bicyclic) bond motifs is 1. The van der Waals surface area contributed by atoms with Crippen LogP contribution in [0.3, 0.4) is 0 Å². The van der Waals surface area contributed by atoms with Crippen molar-refractivity contribution in [3.8, 4) is 0 Å². The fourth-order valence-corrected chi connectivity index (χ4v) is 2.04. The molecule has 0 atom stereocenters. The first-order chi connectivity index (χ1) is 8.81. The Morgan fingerprint density at radius 2 is 1.94 bits per heavy atom. The fraction of sp³-hybridized carbons (Fsp3) is 0.231. The molecule has 4 nitrogen and oxygen atoms in total. The Hall–Kier alpha value is -2.01. The minimum Gasteiger partial charge on any atom is -0.350 e. The molecule has 0 bridgehead atoms. The van der Waals surface area contributed by atoms with E-state index in [1.807, 2.05) is 0 Å². The van der Waals surface area contributed by atoms with Gasteiger partial charge in [0.2, 0.25) is 5.95 Å². The highest BCUT2D eigenvalue weighted by Crippen LogP contribution is 2.17. The van der Waals surface area contributed by atoms with Gasteiger partial charge in [0.15, 0.2) is 5.82 Å². The molecule has 1 aromatic carbocycles. The van der Waals surface area contributed by atoms with Crippen molar-refractivity contribution >= 4 is 5.95 Å². The Balaban J connectivity index is 1.68. The van der Waals surface area contributed by atoms with E-state index in [1.54, 1.807) is 0 Å². The van der Waals surface area contributed by atoms with Crippen molar-refractivity contribution in [2.24, 2.45) is 0 Å². The number of rotatable bonds is 3. The molecule has 0 unspecified atom stereocenters. The highest BCUT2D eigenvalue weighted by atomic mass is 19.1. The second-order valence-electron chi connectivity index (χ2n) is 4.29. The Bertz CT molecular complexity index is 553. The van der Waals surface area contributed by atoms with Gasteiger partial charge in [0.1, 0.15) is 0 Å². The zero-order valence-electron chi connectivity index (χ0n) is 9.78. The first-order valence-electron chi connectivity index (χ1n) is 5.84. The molecular formula is C13H13FN4. The number of benzene rings is 1. The van der Waals surface area contributed by atoms with E-state index in [-0.39, 0.29) is 0 Å². The van der Waals surface area contributed by atoms with Crippen LogP contribution in [0.1, 0.15) is 16.7 Å². The lowest BCUT2D eigenvalue weighted by atomic mass is 10.1. The van der Waals surface area contributed by atoms with E-state index >= 15 is 0 Å². The second-order valence-corrected chi connectivity index (χ2v) is 4.29. The summed E-state index contributed by atoms with van der Waals surface area (Å²) in [6.45, 7) is 2.51. The maximum absolute atomic E-state index is 12.6. The molecule has 5 heteroatoms. The fourth-order valence-electron chi connectivity index (χ4n) is 2.04. The number of nitrogens with zero attached hydrogens (tertiary/aromatic N) is 2. The number of anilines is 1. The molecule has 0 spiro atoms. The Morgan fingerprint density at radius 3 is 2.78 bits per heavy atom. The van der Waals surface area contributed by atoms with E-state index in [0.29, 0.717) is 12.5 Å². The predicted molar refractivity (Wildman–Crippen MR) is 66.3 cm³/mol. The molecular weight excluding hydrogens is 231 g/mol. The number of aromatic nitrogens is 2. The lowest BCUT2D eigenvalue weighted by Gasteiger charge is -2.06. The molecule has 0 fully saturated rings. The van der Waals surface area contributed by atoms with Crippen LogP contribution in [0.15, 0.2) is 30.6 Å². The summed E-state index contributed by atoms with van der Waals surface area (Å²) in [7, 11) is 0. The topological polar surface area (TPSA) is 49.8 Å². The molecule has 0 saturated heterocycles. The molecule has 92 valence electrons. The van der Waals surface area contributed by atoms with E-state index in [4.69, 9.17) is 0 Å². The van der Waals surface area contributed by atoms with Gasteiger partial charge in [-0.05, 0) is 16.7 Å². The average molecular weight is 244 g/mol. The predicted octanol–water partition coefficient (Wildman–Crippen LogP) is 1.83. The van der Waals surface area contributed by atoms with Crippen LogP contribution >= 0.6 is 0 Å². The van der Waals surface area contributed by atoms with Crippen LogP contribution in [-0.2, 0) is 19.6 Å². The van der Waals surface area contributed by atoms with Crippen LogP contribution in [0.4, 0.5) is 10.3 Å². The van der Waals surface area contributed by atoms with Gasteiger partial charge in [-0.2, -0.15) is 0 Å². The Labute approximate surface area is 104 Å². The normalized spacial score (nSPS) is 13.4. The summed E-state index contributed by atoms with van der Waals surface area (Å²) in [5, 5.41) is 6.38. The van der Waals surface area contributed by atoms with Gasteiger partial charge in [-0.25, -0.2) is 14.4 Å². The Kier molecular flexibility index (Phi) is 2.90. The maximum Gasteiger partial charge on any atom is 0.223 e. The van der Waals surface area contributed by atoms with Crippen molar-refractivity contribution in [3.05, 3.63) is 53.1 Å². The summed E-state index contributed by atoms with van der Waals surface area (Å²) in [6, 6.07) is 6.39. The number of hydrogen-bond acceptors (Lipinski definition) is 4.